The minimum absolute atomic E-state index is 0.194. The van der Waals surface area contributed by atoms with Crippen molar-refractivity contribution in [3.8, 4) is 0 Å². The number of benzene rings is 1. The largest absolute Gasteiger partial charge is 0.379 e. The van der Waals surface area contributed by atoms with Crippen LogP contribution in [0.1, 0.15) is 18.9 Å². The fraction of sp³-hybridized carbons (Fsp3) is 0.600. The first-order chi connectivity index (χ1) is 9.15. The summed E-state index contributed by atoms with van der Waals surface area (Å²) in [5.41, 5.74) is 7.71. The van der Waals surface area contributed by atoms with Crippen LogP contribution < -0.4 is 10.6 Å². The van der Waals surface area contributed by atoms with Crippen LogP contribution in [0.4, 0.5) is 10.1 Å². The second-order valence-corrected chi connectivity index (χ2v) is 5.30. The molecule has 1 fully saturated rings. The zero-order valence-corrected chi connectivity index (χ0v) is 11.7. The van der Waals surface area contributed by atoms with E-state index in [0.717, 1.165) is 30.8 Å². The lowest BCUT2D eigenvalue weighted by molar-refractivity contribution is 0.0498. The minimum atomic E-state index is -0.194. The third-order valence-corrected chi connectivity index (χ3v) is 3.99. The van der Waals surface area contributed by atoms with Crippen LogP contribution >= 0.6 is 0 Å². The zero-order chi connectivity index (χ0) is 13.8. The summed E-state index contributed by atoms with van der Waals surface area (Å²) in [7, 11) is 1.76. The van der Waals surface area contributed by atoms with Gasteiger partial charge in [-0.3, -0.25) is 0 Å². The van der Waals surface area contributed by atoms with Gasteiger partial charge in [-0.05, 0) is 49.1 Å². The van der Waals surface area contributed by atoms with Crippen LogP contribution in [0.25, 0.3) is 0 Å². The van der Waals surface area contributed by atoms with E-state index >= 15 is 0 Å². The second-order valence-electron chi connectivity index (χ2n) is 5.30. The summed E-state index contributed by atoms with van der Waals surface area (Å²) in [5, 5.41) is 0. The molecule has 1 aliphatic rings. The van der Waals surface area contributed by atoms with Crippen LogP contribution in [-0.2, 0) is 11.2 Å². The molecule has 0 radical (unpaired) electrons. The summed E-state index contributed by atoms with van der Waals surface area (Å²) >= 11 is 0. The van der Waals surface area contributed by atoms with Gasteiger partial charge < -0.3 is 15.4 Å². The van der Waals surface area contributed by atoms with Crippen molar-refractivity contribution in [3.05, 3.63) is 29.6 Å². The summed E-state index contributed by atoms with van der Waals surface area (Å²) in [6.45, 7) is 4.61. The van der Waals surface area contributed by atoms with Crippen molar-refractivity contribution in [2.45, 2.75) is 25.9 Å². The van der Waals surface area contributed by atoms with E-state index in [2.05, 4.69) is 11.8 Å². The smallest absolute Gasteiger partial charge is 0.123 e. The molecule has 2 atom stereocenters. The van der Waals surface area contributed by atoms with Crippen LogP contribution in [0.5, 0.6) is 0 Å². The molecule has 0 saturated carbocycles. The summed E-state index contributed by atoms with van der Waals surface area (Å²) in [6, 6.07) is 4.99. The SMILES string of the molecule is COC1CN(c2ccc(F)cc2CCN)CCC1C. The molecule has 0 amide bonds. The average molecular weight is 266 g/mol. The second kappa shape index (κ2) is 6.35. The minimum Gasteiger partial charge on any atom is -0.379 e. The molecule has 3 nitrogen and oxygen atoms in total. The Morgan fingerprint density at radius 2 is 2.26 bits per heavy atom. The molecule has 0 spiro atoms. The Bertz CT molecular complexity index is 425. The molecule has 0 bridgehead atoms. The Kier molecular flexibility index (Phi) is 4.77. The molecule has 106 valence electrons. The number of nitrogens with zero attached hydrogens (tertiary/aromatic N) is 1. The van der Waals surface area contributed by atoms with Crippen molar-refractivity contribution >= 4 is 5.69 Å². The van der Waals surface area contributed by atoms with Crippen molar-refractivity contribution in [1.82, 2.24) is 0 Å². The standard InChI is InChI=1S/C15H23FN2O/c1-11-6-8-18(10-15(11)19-2)14-4-3-13(16)9-12(14)5-7-17/h3-4,9,11,15H,5-8,10,17H2,1-2H3. The van der Waals surface area contributed by atoms with Crippen LogP contribution in [0.3, 0.4) is 0 Å². The molecular formula is C15H23FN2O. The molecule has 0 aliphatic carbocycles. The van der Waals surface area contributed by atoms with Crippen LogP contribution in [0.2, 0.25) is 0 Å². The maximum atomic E-state index is 13.4. The third-order valence-electron chi connectivity index (χ3n) is 3.99. The molecule has 4 heteroatoms. The number of hydrogen-bond donors (Lipinski definition) is 1. The first kappa shape index (κ1) is 14.3. The molecular weight excluding hydrogens is 243 g/mol. The maximum absolute atomic E-state index is 13.4. The molecule has 2 unspecified atom stereocenters. The van der Waals surface area contributed by atoms with Crippen molar-refractivity contribution in [3.63, 3.8) is 0 Å². The number of ether oxygens (including phenoxy) is 1. The lowest BCUT2D eigenvalue weighted by Gasteiger charge is -2.38. The molecule has 1 aromatic carbocycles. The van der Waals surface area contributed by atoms with E-state index in [0.29, 0.717) is 18.9 Å². The number of hydrogen-bond acceptors (Lipinski definition) is 3. The lowest BCUT2D eigenvalue weighted by Crippen LogP contribution is -2.44. The van der Waals surface area contributed by atoms with Gasteiger partial charge in [-0.1, -0.05) is 6.92 Å². The number of rotatable bonds is 4. The summed E-state index contributed by atoms with van der Waals surface area (Å²) < 4.78 is 18.9. The third kappa shape index (κ3) is 3.25. The highest BCUT2D eigenvalue weighted by molar-refractivity contribution is 5.54. The van der Waals surface area contributed by atoms with E-state index in [9.17, 15) is 4.39 Å². The lowest BCUT2D eigenvalue weighted by atomic mass is 9.94. The van der Waals surface area contributed by atoms with Gasteiger partial charge in [0.25, 0.3) is 0 Å². The summed E-state index contributed by atoms with van der Waals surface area (Å²) in [6.07, 6.45) is 2.04. The molecule has 1 aromatic rings. The van der Waals surface area contributed by atoms with Crippen molar-refractivity contribution in [2.75, 3.05) is 31.6 Å². The van der Waals surface area contributed by atoms with E-state index in [-0.39, 0.29) is 11.9 Å². The number of halogens is 1. The van der Waals surface area contributed by atoms with Crippen LogP contribution in [-0.4, -0.2) is 32.8 Å². The Morgan fingerprint density at radius 1 is 1.47 bits per heavy atom. The Balaban J connectivity index is 2.21. The monoisotopic (exact) mass is 266 g/mol. The van der Waals surface area contributed by atoms with Gasteiger partial charge in [-0.25, -0.2) is 4.39 Å². The maximum Gasteiger partial charge on any atom is 0.123 e. The summed E-state index contributed by atoms with van der Waals surface area (Å²) in [4.78, 5) is 2.29. The zero-order valence-electron chi connectivity index (χ0n) is 11.7. The topological polar surface area (TPSA) is 38.5 Å². The Hall–Kier alpha value is -1.13. The van der Waals surface area contributed by atoms with Crippen molar-refractivity contribution in [1.29, 1.82) is 0 Å². The molecule has 1 heterocycles. The van der Waals surface area contributed by atoms with Gasteiger partial charge in [0, 0.05) is 25.9 Å². The summed E-state index contributed by atoms with van der Waals surface area (Å²) in [5.74, 6) is 0.375. The highest BCUT2D eigenvalue weighted by atomic mass is 19.1. The first-order valence-electron chi connectivity index (χ1n) is 6.92. The van der Waals surface area contributed by atoms with Crippen LogP contribution in [0, 0.1) is 11.7 Å². The quantitative estimate of drug-likeness (QED) is 0.908. The molecule has 19 heavy (non-hydrogen) atoms. The Morgan fingerprint density at radius 3 is 2.95 bits per heavy atom. The van der Waals surface area contributed by atoms with E-state index in [1.807, 2.05) is 6.07 Å². The molecule has 1 saturated heterocycles. The molecule has 1 aliphatic heterocycles. The molecule has 0 aromatic heterocycles. The fourth-order valence-corrected chi connectivity index (χ4v) is 2.78. The van der Waals surface area contributed by atoms with Gasteiger partial charge in [0.15, 0.2) is 0 Å². The van der Waals surface area contributed by atoms with Crippen molar-refractivity contribution in [2.24, 2.45) is 11.7 Å². The number of piperidine rings is 1. The van der Waals surface area contributed by atoms with Gasteiger partial charge in [0.05, 0.1) is 6.10 Å². The van der Waals surface area contributed by atoms with Crippen LogP contribution in [0.15, 0.2) is 18.2 Å². The highest BCUT2D eigenvalue weighted by Gasteiger charge is 2.27. The number of nitrogens with two attached hydrogens (primary N) is 1. The van der Waals surface area contributed by atoms with E-state index in [1.54, 1.807) is 13.2 Å². The number of anilines is 1. The normalized spacial score (nSPS) is 23.7. The highest BCUT2D eigenvalue weighted by Crippen LogP contribution is 2.28. The van der Waals surface area contributed by atoms with Gasteiger partial charge in [-0.15, -0.1) is 0 Å². The molecule has 2 N–H and O–H groups in total. The van der Waals surface area contributed by atoms with E-state index in [1.165, 1.54) is 6.07 Å². The molecule has 2 rings (SSSR count). The predicted molar refractivity (Wildman–Crippen MR) is 75.9 cm³/mol. The van der Waals surface area contributed by atoms with Gasteiger partial charge in [-0.2, -0.15) is 0 Å². The average Bonchev–Trinajstić information content (AvgIpc) is 2.40. The predicted octanol–water partition coefficient (Wildman–Crippen LogP) is 2.19. The van der Waals surface area contributed by atoms with Gasteiger partial charge >= 0.3 is 0 Å². The van der Waals surface area contributed by atoms with Gasteiger partial charge in [0.2, 0.25) is 0 Å². The number of methoxy groups -OCH3 is 1. The van der Waals surface area contributed by atoms with E-state index in [4.69, 9.17) is 10.5 Å². The Labute approximate surface area is 114 Å². The first-order valence-corrected chi connectivity index (χ1v) is 6.92. The van der Waals surface area contributed by atoms with E-state index < -0.39 is 0 Å². The fourth-order valence-electron chi connectivity index (χ4n) is 2.78. The van der Waals surface area contributed by atoms with Gasteiger partial charge in [0.1, 0.15) is 5.82 Å². The van der Waals surface area contributed by atoms with Crippen molar-refractivity contribution < 1.29 is 9.13 Å².